The number of nitrogens with zero attached hydrogens (tertiary/aromatic N) is 1. The van der Waals surface area contributed by atoms with E-state index < -0.39 is 15.8 Å². The SMILES string of the molecule is CC(=O)c1ccc(SCC(=O)N2CCC(NS(=O)(=O)c3ccccc3)CC2)c(F)c1. The Morgan fingerprint density at radius 1 is 1.13 bits per heavy atom. The number of benzene rings is 2. The minimum absolute atomic E-state index is 0.0801. The van der Waals surface area contributed by atoms with E-state index >= 15 is 0 Å². The molecule has 0 unspecified atom stereocenters. The van der Waals surface area contributed by atoms with Crippen LogP contribution >= 0.6 is 11.8 Å². The van der Waals surface area contributed by atoms with E-state index in [2.05, 4.69) is 4.72 Å². The maximum Gasteiger partial charge on any atom is 0.240 e. The van der Waals surface area contributed by atoms with Crippen LogP contribution in [0.25, 0.3) is 0 Å². The number of Topliss-reactive ketones (excluding diaryl/α,β-unsaturated/α-hetero) is 1. The number of ketones is 1. The second-order valence-corrected chi connectivity index (χ2v) is 9.81. The zero-order valence-electron chi connectivity index (χ0n) is 16.5. The predicted octanol–water partition coefficient (Wildman–Crippen LogP) is 3.09. The van der Waals surface area contributed by atoms with Crippen LogP contribution in [0.1, 0.15) is 30.1 Å². The lowest BCUT2D eigenvalue weighted by molar-refractivity contribution is -0.129. The molecule has 3 rings (SSSR count). The topological polar surface area (TPSA) is 83.6 Å². The van der Waals surface area contributed by atoms with E-state index in [0.29, 0.717) is 36.4 Å². The second-order valence-electron chi connectivity index (χ2n) is 7.08. The first-order chi connectivity index (χ1) is 14.3. The number of nitrogens with one attached hydrogen (secondary N) is 1. The van der Waals surface area contributed by atoms with Gasteiger partial charge in [-0.25, -0.2) is 17.5 Å². The molecule has 30 heavy (non-hydrogen) atoms. The van der Waals surface area contributed by atoms with Crippen molar-refractivity contribution in [1.29, 1.82) is 0 Å². The van der Waals surface area contributed by atoms with E-state index in [-0.39, 0.29) is 28.4 Å². The monoisotopic (exact) mass is 450 g/mol. The molecule has 0 bridgehead atoms. The molecular weight excluding hydrogens is 427 g/mol. The van der Waals surface area contributed by atoms with Gasteiger partial charge in [0.15, 0.2) is 5.78 Å². The van der Waals surface area contributed by atoms with Crippen molar-refractivity contribution in [3.63, 3.8) is 0 Å². The Kier molecular flexibility index (Phi) is 7.27. The number of carbonyl (C=O) groups excluding carboxylic acids is 2. The Hall–Kier alpha value is -2.23. The van der Waals surface area contributed by atoms with Crippen molar-refractivity contribution in [3.05, 3.63) is 59.9 Å². The van der Waals surface area contributed by atoms with E-state index in [1.165, 1.54) is 19.1 Å². The van der Waals surface area contributed by atoms with Gasteiger partial charge in [0, 0.05) is 29.6 Å². The summed E-state index contributed by atoms with van der Waals surface area (Å²) in [4.78, 5) is 26.0. The first-order valence-corrected chi connectivity index (χ1v) is 12.0. The molecule has 1 heterocycles. The van der Waals surface area contributed by atoms with Gasteiger partial charge >= 0.3 is 0 Å². The van der Waals surface area contributed by atoms with Crippen LogP contribution in [0.3, 0.4) is 0 Å². The van der Waals surface area contributed by atoms with Crippen LogP contribution in [0.2, 0.25) is 0 Å². The van der Waals surface area contributed by atoms with Crippen molar-refractivity contribution in [1.82, 2.24) is 9.62 Å². The maximum absolute atomic E-state index is 14.1. The highest BCUT2D eigenvalue weighted by Crippen LogP contribution is 2.24. The molecule has 160 valence electrons. The molecule has 1 aliphatic rings. The summed E-state index contributed by atoms with van der Waals surface area (Å²) in [6, 6.07) is 12.2. The highest BCUT2D eigenvalue weighted by atomic mass is 32.2. The summed E-state index contributed by atoms with van der Waals surface area (Å²) in [6.45, 7) is 2.24. The molecule has 0 aromatic heterocycles. The van der Waals surface area contributed by atoms with E-state index in [0.717, 1.165) is 11.8 Å². The minimum Gasteiger partial charge on any atom is -0.342 e. The van der Waals surface area contributed by atoms with Crippen LogP contribution in [0.5, 0.6) is 0 Å². The van der Waals surface area contributed by atoms with Crippen molar-refractivity contribution >= 4 is 33.5 Å². The smallest absolute Gasteiger partial charge is 0.240 e. The molecule has 1 amide bonds. The molecule has 6 nitrogen and oxygen atoms in total. The Bertz CT molecular complexity index is 1020. The molecule has 0 spiro atoms. The van der Waals surface area contributed by atoms with Gasteiger partial charge < -0.3 is 4.90 Å². The number of rotatable bonds is 7. The third-order valence-electron chi connectivity index (χ3n) is 4.91. The average Bonchev–Trinajstić information content (AvgIpc) is 2.73. The summed E-state index contributed by atoms with van der Waals surface area (Å²) < 4.78 is 41.6. The van der Waals surface area contributed by atoms with Gasteiger partial charge in [-0.1, -0.05) is 24.3 Å². The van der Waals surface area contributed by atoms with Crippen LogP contribution in [0, 0.1) is 5.82 Å². The first-order valence-electron chi connectivity index (χ1n) is 9.55. The van der Waals surface area contributed by atoms with Crippen LogP contribution in [0.4, 0.5) is 4.39 Å². The number of hydrogen-bond donors (Lipinski definition) is 1. The van der Waals surface area contributed by atoms with Gasteiger partial charge in [0.25, 0.3) is 0 Å². The molecule has 9 heteroatoms. The van der Waals surface area contributed by atoms with E-state index in [1.807, 2.05) is 0 Å². The summed E-state index contributed by atoms with van der Waals surface area (Å²) >= 11 is 1.09. The number of sulfonamides is 1. The van der Waals surface area contributed by atoms with Crippen molar-refractivity contribution in [2.45, 2.75) is 35.6 Å². The molecule has 2 aromatic carbocycles. The quantitative estimate of drug-likeness (QED) is 0.518. The lowest BCUT2D eigenvalue weighted by atomic mass is 10.1. The highest BCUT2D eigenvalue weighted by molar-refractivity contribution is 8.00. The molecule has 0 radical (unpaired) electrons. The average molecular weight is 451 g/mol. The van der Waals surface area contributed by atoms with E-state index in [1.54, 1.807) is 41.3 Å². The number of piperidine rings is 1. The number of halogens is 1. The fourth-order valence-corrected chi connectivity index (χ4v) is 5.35. The molecular formula is C21H23FN2O4S2. The summed E-state index contributed by atoms with van der Waals surface area (Å²) in [5.74, 6) is -0.780. The van der Waals surface area contributed by atoms with Crippen molar-refractivity contribution in [2.24, 2.45) is 0 Å². The highest BCUT2D eigenvalue weighted by Gasteiger charge is 2.26. The number of likely N-dealkylation sites (tertiary alicyclic amines) is 1. The van der Waals surface area contributed by atoms with Gasteiger partial charge in [0.1, 0.15) is 5.82 Å². The zero-order chi connectivity index (χ0) is 21.7. The molecule has 0 aliphatic carbocycles. The van der Waals surface area contributed by atoms with Crippen molar-refractivity contribution in [2.75, 3.05) is 18.8 Å². The van der Waals surface area contributed by atoms with Crippen molar-refractivity contribution < 1.29 is 22.4 Å². The van der Waals surface area contributed by atoms with Crippen molar-refractivity contribution in [3.8, 4) is 0 Å². The van der Waals surface area contributed by atoms with Gasteiger partial charge in [0.2, 0.25) is 15.9 Å². The second kappa shape index (κ2) is 9.72. The fourth-order valence-electron chi connectivity index (χ4n) is 3.20. The summed E-state index contributed by atoms with van der Waals surface area (Å²) in [5, 5.41) is 0. The van der Waals surface area contributed by atoms with Gasteiger partial charge in [-0.15, -0.1) is 11.8 Å². The maximum atomic E-state index is 14.1. The molecule has 1 saturated heterocycles. The molecule has 1 fully saturated rings. The van der Waals surface area contributed by atoms with Gasteiger partial charge in [-0.2, -0.15) is 0 Å². The van der Waals surface area contributed by atoms with Gasteiger partial charge in [0.05, 0.1) is 10.6 Å². The Morgan fingerprint density at radius 2 is 1.80 bits per heavy atom. The first kappa shape index (κ1) is 22.5. The van der Waals surface area contributed by atoms with Gasteiger partial charge in [-0.05, 0) is 44.0 Å². The molecule has 0 atom stereocenters. The normalized spacial score (nSPS) is 15.2. The minimum atomic E-state index is -3.58. The van der Waals surface area contributed by atoms with Crippen LogP contribution in [-0.2, 0) is 14.8 Å². The summed E-state index contributed by atoms with van der Waals surface area (Å²) in [6.07, 6.45) is 1.04. The molecule has 1 aliphatic heterocycles. The number of carbonyl (C=O) groups is 2. The Balaban J connectivity index is 1.49. The van der Waals surface area contributed by atoms with E-state index in [4.69, 9.17) is 0 Å². The molecule has 0 saturated carbocycles. The molecule has 2 aromatic rings. The van der Waals surface area contributed by atoms with Gasteiger partial charge in [-0.3, -0.25) is 9.59 Å². The summed E-state index contributed by atoms with van der Waals surface area (Å²) in [7, 11) is -3.58. The van der Waals surface area contributed by atoms with Crippen LogP contribution in [0.15, 0.2) is 58.3 Å². The Morgan fingerprint density at radius 3 is 2.40 bits per heavy atom. The number of amides is 1. The van der Waals surface area contributed by atoms with Crippen LogP contribution in [-0.4, -0.2) is 49.9 Å². The summed E-state index contributed by atoms with van der Waals surface area (Å²) in [5.41, 5.74) is 0.295. The standard InChI is InChI=1S/C21H23FN2O4S2/c1-15(25)16-7-8-20(19(22)13-16)29-14-21(26)24-11-9-17(10-12-24)23-30(27,28)18-5-3-2-4-6-18/h2-8,13,17,23H,9-12,14H2,1H3. The van der Waals surface area contributed by atoms with Crippen LogP contribution < -0.4 is 4.72 Å². The number of thioether (sulfide) groups is 1. The fraction of sp³-hybridized carbons (Fsp3) is 0.333. The lowest BCUT2D eigenvalue weighted by Crippen LogP contribution is -2.47. The molecule has 1 N–H and O–H groups in total. The predicted molar refractivity (Wildman–Crippen MR) is 113 cm³/mol. The lowest BCUT2D eigenvalue weighted by Gasteiger charge is -2.32. The third-order valence-corrected chi connectivity index (χ3v) is 7.48. The Labute approximate surface area is 179 Å². The third kappa shape index (κ3) is 5.68. The largest absolute Gasteiger partial charge is 0.342 e. The zero-order valence-corrected chi connectivity index (χ0v) is 18.1. The number of hydrogen-bond acceptors (Lipinski definition) is 5. The van der Waals surface area contributed by atoms with E-state index in [9.17, 15) is 22.4 Å².